The molecular formula is C13H10N2O5. The van der Waals surface area contributed by atoms with Crippen LogP contribution in [0.2, 0.25) is 0 Å². The average molecular weight is 274 g/mol. The number of carboxylic acids is 1. The molecule has 1 aromatic heterocycles. The SMILES string of the molecule is O=C(Nc1cccnc1C(=O)O)c1cc(O)ccc1O. The summed E-state index contributed by atoms with van der Waals surface area (Å²) in [5.74, 6) is -2.58. The summed E-state index contributed by atoms with van der Waals surface area (Å²) >= 11 is 0. The lowest BCUT2D eigenvalue weighted by atomic mass is 10.1. The van der Waals surface area contributed by atoms with Crippen molar-refractivity contribution >= 4 is 17.6 Å². The van der Waals surface area contributed by atoms with Crippen LogP contribution in [0.1, 0.15) is 20.8 Å². The van der Waals surface area contributed by atoms with Gasteiger partial charge in [0, 0.05) is 6.20 Å². The van der Waals surface area contributed by atoms with Gasteiger partial charge in [0.25, 0.3) is 5.91 Å². The van der Waals surface area contributed by atoms with Gasteiger partial charge in [-0.15, -0.1) is 0 Å². The van der Waals surface area contributed by atoms with E-state index in [4.69, 9.17) is 5.11 Å². The maximum atomic E-state index is 12.0. The lowest BCUT2D eigenvalue weighted by Gasteiger charge is -2.08. The van der Waals surface area contributed by atoms with Crippen molar-refractivity contribution in [3.63, 3.8) is 0 Å². The molecule has 7 heteroatoms. The van der Waals surface area contributed by atoms with E-state index in [2.05, 4.69) is 10.3 Å². The van der Waals surface area contributed by atoms with Crippen LogP contribution in [0.3, 0.4) is 0 Å². The molecule has 7 nitrogen and oxygen atoms in total. The van der Waals surface area contributed by atoms with Crippen LogP contribution in [0.4, 0.5) is 5.69 Å². The molecule has 0 aliphatic heterocycles. The van der Waals surface area contributed by atoms with Crippen molar-refractivity contribution in [3.8, 4) is 11.5 Å². The van der Waals surface area contributed by atoms with Gasteiger partial charge in [-0.3, -0.25) is 4.79 Å². The third-order valence-electron chi connectivity index (χ3n) is 2.48. The summed E-state index contributed by atoms with van der Waals surface area (Å²) in [5.41, 5.74) is -0.501. The summed E-state index contributed by atoms with van der Waals surface area (Å²) in [4.78, 5) is 26.6. The smallest absolute Gasteiger partial charge is 0.356 e. The van der Waals surface area contributed by atoms with Crippen LogP contribution in [0, 0.1) is 0 Å². The molecule has 0 atom stereocenters. The van der Waals surface area contributed by atoms with E-state index in [1.54, 1.807) is 0 Å². The number of anilines is 1. The van der Waals surface area contributed by atoms with E-state index in [0.717, 1.165) is 12.1 Å². The maximum Gasteiger partial charge on any atom is 0.356 e. The molecule has 2 rings (SSSR count). The predicted molar refractivity (Wildman–Crippen MR) is 68.9 cm³/mol. The lowest BCUT2D eigenvalue weighted by Crippen LogP contribution is -2.15. The average Bonchev–Trinajstić information content (AvgIpc) is 2.41. The number of nitrogens with one attached hydrogen (secondary N) is 1. The van der Waals surface area contributed by atoms with Gasteiger partial charge in [0.05, 0.1) is 11.3 Å². The van der Waals surface area contributed by atoms with E-state index in [1.165, 1.54) is 24.4 Å². The zero-order valence-corrected chi connectivity index (χ0v) is 10.1. The number of aromatic nitrogens is 1. The third kappa shape index (κ3) is 2.66. The van der Waals surface area contributed by atoms with Crippen LogP contribution >= 0.6 is 0 Å². The molecule has 0 fully saturated rings. The molecule has 0 aliphatic carbocycles. The minimum absolute atomic E-state index is 0.00672. The van der Waals surface area contributed by atoms with Crippen molar-refractivity contribution in [2.75, 3.05) is 5.32 Å². The zero-order valence-electron chi connectivity index (χ0n) is 10.1. The van der Waals surface area contributed by atoms with Crippen molar-refractivity contribution in [1.29, 1.82) is 0 Å². The van der Waals surface area contributed by atoms with E-state index in [0.29, 0.717) is 0 Å². The number of aromatic hydroxyl groups is 2. The van der Waals surface area contributed by atoms with E-state index in [9.17, 15) is 19.8 Å². The van der Waals surface area contributed by atoms with Crippen LogP contribution in [0.5, 0.6) is 11.5 Å². The number of pyridine rings is 1. The van der Waals surface area contributed by atoms with E-state index >= 15 is 0 Å². The van der Waals surface area contributed by atoms with Crippen molar-refractivity contribution in [2.45, 2.75) is 0 Å². The minimum atomic E-state index is -1.29. The van der Waals surface area contributed by atoms with E-state index in [1.807, 2.05) is 0 Å². The number of phenolic OH excluding ortho intramolecular Hbond substituents is 2. The Morgan fingerprint density at radius 3 is 2.60 bits per heavy atom. The highest BCUT2D eigenvalue weighted by Gasteiger charge is 2.17. The standard InChI is InChI=1S/C13H10N2O5/c16-7-3-4-10(17)8(6-7)12(18)15-9-2-1-5-14-11(9)13(19)20/h1-6,16-17H,(H,15,18)(H,19,20). The highest BCUT2D eigenvalue weighted by molar-refractivity contribution is 6.08. The summed E-state index contributed by atoms with van der Waals surface area (Å²) in [6.45, 7) is 0. The Hall–Kier alpha value is -3.09. The van der Waals surface area contributed by atoms with Crippen molar-refractivity contribution < 1.29 is 24.9 Å². The summed E-state index contributed by atoms with van der Waals surface area (Å²) in [6, 6.07) is 6.28. The molecule has 0 aliphatic rings. The van der Waals surface area contributed by atoms with Crippen molar-refractivity contribution in [1.82, 2.24) is 4.98 Å². The minimum Gasteiger partial charge on any atom is -0.508 e. The summed E-state index contributed by atoms with van der Waals surface area (Å²) in [7, 11) is 0. The first-order valence-electron chi connectivity index (χ1n) is 5.50. The predicted octanol–water partition coefficient (Wildman–Crippen LogP) is 1.44. The van der Waals surface area contributed by atoms with Gasteiger partial charge in [-0.25, -0.2) is 9.78 Å². The molecule has 2 aromatic rings. The Kier molecular flexibility index (Phi) is 3.52. The maximum absolute atomic E-state index is 12.0. The second-order valence-electron chi connectivity index (χ2n) is 3.86. The topological polar surface area (TPSA) is 120 Å². The first-order chi connectivity index (χ1) is 9.49. The Labute approximate surface area is 113 Å². The number of hydrogen-bond donors (Lipinski definition) is 4. The molecule has 0 spiro atoms. The normalized spacial score (nSPS) is 10.0. The molecule has 0 saturated carbocycles. The molecule has 1 aromatic carbocycles. The molecule has 0 radical (unpaired) electrons. The highest BCUT2D eigenvalue weighted by Crippen LogP contribution is 2.23. The van der Waals surface area contributed by atoms with Gasteiger partial charge < -0.3 is 20.6 Å². The highest BCUT2D eigenvalue weighted by atomic mass is 16.4. The molecule has 1 amide bonds. The number of carboxylic acid groups (broad SMARTS) is 1. The summed E-state index contributed by atoms with van der Waals surface area (Å²) in [6.07, 6.45) is 1.28. The molecule has 102 valence electrons. The fraction of sp³-hybridized carbons (Fsp3) is 0. The molecule has 0 saturated heterocycles. The van der Waals surface area contributed by atoms with E-state index in [-0.39, 0.29) is 28.4 Å². The lowest BCUT2D eigenvalue weighted by molar-refractivity contribution is 0.0691. The van der Waals surface area contributed by atoms with Gasteiger partial charge >= 0.3 is 5.97 Å². The Balaban J connectivity index is 2.33. The van der Waals surface area contributed by atoms with Gasteiger partial charge in [-0.2, -0.15) is 0 Å². The molecule has 0 bridgehead atoms. The number of amides is 1. The number of phenols is 2. The molecule has 4 N–H and O–H groups in total. The number of carbonyl (C=O) groups excluding carboxylic acids is 1. The van der Waals surface area contributed by atoms with E-state index < -0.39 is 11.9 Å². The first kappa shape index (κ1) is 13.3. The molecular weight excluding hydrogens is 264 g/mol. The van der Waals surface area contributed by atoms with Crippen LogP contribution in [-0.4, -0.2) is 32.2 Å². The van der Waals surface area contributed by atoms with Crippen molar-refractivity contribution in [2.24, 2.45) is 0 Å². The molecule has 1 heterocycles. The number of benzene rings is 1. The number of hydrogen-bond acceptors (Lipinski definition) is 5. The second kappa shape index (κ2) is 5.27. The van der Waals surface area contributed by atoms with Gasteiger partial charge in [0.2, 0.25) is 0 Å². The Bertz CT molecular complexity index is 684. The van der Waals surface area contributed by atoms with Crippen molar-refractivity contribution in [3.05, 3.63) is 47.8 Å². The fourth-order valence-corrected chi connectivity index (χ4v) is 1.57. The molecule has 20 heavy (non-hydrogen) atoms. The number of aromatic carboxylic acids is 1. The van der Waals surface area contributed by atoms with Gasteiger partial charge in [-0.05, 0) is 30.3 Å². The summed E-state index contributed by atoms with van der Waals surface area (Å²) < 4.78 is 0. The van der Waals surface area contributed by atoms with Crippen LogP contribution in [-0.2, 0) is 0 Å². The quantitative estimate of drug-likeness (QED) is 0.629. The first-order valence-corrected chi connectivity index (χ1v) is 5.50. The molecule has 0 unspecified atom stereocenters. The van der Waals surface area contributed by atoms with Gasteiger partial charge in [0.15, 0.2) is 5.69 Å². The monoisotopic (exact) mass is 274 g/mol. The number of carbonyl (C=O) groups is 2. The third-order valence-corrected chi connectivity index (χ3v) is 2.48. The second-order valence-corrected chi connectivity index (χ2v) is 3.86. The van der Waals surface area contributed by atoms with Crippen LogP contribution in [0.15, 0.2) is 36.5 Å². The Morgan fingerprint density at radius 1 is 1.15 bits per heavy atom. The zero-order chi connectivity index (χ0) is 14.7. The van der Waals surface area contributed by atoms with Crippen LogP contribution in [0.25, 0.3) is 0 Å². The van der Waals surface area contributed by atoms with Gasteiger partial charge in [-0.1, -0.05) is 0 Å². The fourth-order valence-electron chi connectivity index (χ4n) is 1.57. The number of rotatable bonds is 3. The summed E-state index contributed by atoms with van der Waals surface area (Å²) in [5, 5.41) is 30.1. The largest absolute Gasteiger partial charge is 0.508 e. The van der Waals surface area contributed by atoms with Crippen LogP contribution < -0.4 is 5.32 Å². The van der Waals surface area contributed by atoms with Gasteiger partial charge in [0.1, 0.15) is 11.5 Å². The Morgan fingerprint density at radius 2 is 1.90 bits per heavy atom. The number of nitrogens with zero attached hydrogens (tertiary/aromatic N) is 1.